The van der Waals surface area contributed by atoms with Gasteiger partial charge in [-0.25, -0.2) is 0 Å². The van der Waals surface area contributed by atoms with Crippen molar-refractivity contribution >= 4 is 20.6 Å². The van der Waals surface area contributed by atoms with E-state index >= 15 is 0 Å². The third-order valence-corrected chi connectivity index (χ3v) is 2.10. The van der Waals surface area contributed by atoms with Crippen molar-refractivity contribution in [1.29, 1.82) is 0 Å². The number of amides is 2. The fourth-order valence-electron chi connectivity index (χ4n) is 0.618. The van der Waals surface area contributed by atoms with Crippen LogP contribution >= 0.6 is 0 Å². The molecule has 3 nitrogen and oxygen atoms in total. The predicted molar refractivity (Wildman–Crippen MR) is 42.5 cm³/mol. The molecule has 10 heavy (non-hydrogen) atoms. The maximum absolute atomic E-state index is 10.8. The molecular weight excluding hydrogens is 146 g/mol. The predicted octanol–water partition coefficient (Wildman–Crippen LogP) is 0.136. The third kappa shape index (κ3) is 5.49. The molecule has 2 amide bonds. The zero-order chi connectivity index (χ0) is 8.15. The highest BCUT2D eigenvalue weighted by atomic mass is 28.3. The highest BCUT2D eigenvalue weighted by Gasteiger charge is 2.05. The number of carbonyl (C=O) groups excluding carboxylic acids is 2. The summed E-state index contributed by atoms with van der Waals surface area (Å²) in [7, 11) is -0.852. The fourth-order valence-corrected chi connectivity index (χ4v) is 1.46. The first-order valence-electron chi connectivity index (χ1n) is 3.32. The van der Waals surface area contributed by atoms with Crippen LogP contribution in [0.4, 0.5) is 0 Å². The van der Waals surface area contributed by atoms with Crippen LogP contribution in [-0.4, -0.2) is 20.6 Å². The molecule has 0 aromatic rings. The van der Waals surface area contributed by atoms with E-state index in [1.54, 1.807) is 0 Å². The van der Waals surface area contributed by atoms with Crippen LogP contribution < -0.4 is 5.32 Å². The Bertz CT molecular complexity index is 145. The molecule has 0 aromatic carbocycles. The Hall–Kier alpha value is -0.643. The van der Waals surface area contributed by atoms with Crippen molar-refractivity contribution < 1.29 is 9.59 Å². The van der Waals surface area contributed by atoms with Gasteiger partial charge in [-0.2, -0.15) is 0 Å². The number of rotatable bonds is 2. The molecule has 0 fully saturated rings. The summed E-state index contributed by atoms with van der Waals surface area (Å²) in [5.74, 6) is -0.395. The van der Waals surface area contributed by atoms with Crippen LogP contribution in [0.2, 0.25) is 19.1 Å². The second-order valence-corrected chi connectivity index (χ2v) is 5.90. The standard InChI is InChI=1S/C6H13NO2Si/c1-5(8)7-6(9)4-10(2)3/h10H,4H2,1-3H3,(H,7,8,9). The number of carbonyl (C=O) groups is 2. The van der Waals surface area contributed by atoms with E-state index in [-0.39, 0.29) is 11.8 Å². The van der Waals surface area contributed by atoms with Crippen LogP contribution in [0.25, 0.3) is 0 Å². The minimum atomic E-state index is -0.852. The second-order valence-electron chi connectivity index (χ2n) is 2.70. The van der Waals surface area contributed by atoms with Crippen molar-refractivity contribution in [3.8, 4) is 0 Å². The summed E-state index contributed by atoms with van der Waals surface area (Å²) in [6, 6.07) is 0.555. The Kier molecular flexibility index (Phi) is 3.95. The maximum Gasteiger partial charge on any atom is 0.223 e. The number of hydrogen-bond donors (Lipinski definition) is 1. The van der Waals surface area contributed by atoms with Gasteiger partial charge in [-0.1, -0.05) is 13.1 Å². The average molecular weight is 159 g/mol. The molecule has 0 spiro atoms. The van der Waals surface area contributed by atoms with Gasteiger partial charge < -0.3 is 0 Å². The van der Waals surface area contributed by atoms with Crippen molar-refractivity contribution in [2.45, 2.75) is 26.1 Å². The Morgan fingerprint density at radius 1 is 1.40 bits per heavy atom. The lowest BCUT2D eigenvalue weighted by Crippen LogP contribution is -2.29. The minimum Gasteiger partial charge on any atom is -0.297 e. The Morgan fingerprint density at radius 2 is 1.90 bits per heavy atom. The highest BCUT2D eigenvalue weighted by Crippen LogP contribution is 1.89. The summed E-state index contributed by atoms with van der Waals surface area (Å²) < 4.78 is 0. The first kappa shape index (κ1) is 9.36. The summed E-state index contributed by atoms with van der Waals surface area (Å²) >= 11 is 0. The average Bonchev–Trinajstić information content (AvgIpc) is 1.58. The molecule has 4 heteroatoms. The van der Waals surface area contributed by atoms with Crippen molar-refractivity contribution in [3.63, 3.8) is 0 Å². The molecule has 0 aliphatic rings. The molecule has 0 bridgehead atoms. The molecule has 0 saturated carbocycles. The quantitative estimate of drug-likeness (QED) is 0.582. The molecular formula is C6H13NO2Si. The van der Waals surface area contributed by atoms with Gasteiger partial charge in [0.1, 0.15) is 0 Å². The molecule has 0 aliphatic carbocycles. The van der Waals surface area contributed by atoms with Crippen LogP contribution in [0.1, 0.15) is 6.92 Å². The van der Waals surface area contributed by atoms with Gasteiger partial charge in [0, 0.05) is 21.8 Å². The number of nitrogens with one attached hydrogen (secondary N) is 1. The lowest BCUT2D eigenvalue weighted by Gasteiger charge is -2.01. The van der Waals surface area contributed by atoms with E-state index in [1.165, 1.54) is 6.92 Å². The van der Waals surface area contributed by atoms with Gasteiger partial charge in [-0.3, -0.25) is 14.9 Å². The van der Waals surface area contributed by atoms with E-state index in [2.05, 4.69) is 18.4 Å². The zero-order valence-electron chi connectivity index (χ0n) is 6.60. The zero-order valence-corrected chi connectivity index (χ0v) is 7.76. The van der Waals surface area contributed by atoms with E-state index < -0.39 is 8.80 Å². The third-order valence-electron chi connectivity index (χ3n) is 0.909. The van der Waals surface area contributed by atoms with Crippen LogP contribution in [0.15, 0.2) is 0 Å². The number of imide groups is 1. The molecule has 0 radical (unpaired) electrons. The van der Waals surface area contributed by atoms with Crippen molar-refractivity contribution in [2.75, 3.05) is 0 Å². The molecule has 1 N–H and O–H groups in total. The first-order chi connectivity index (χ1) is 4.52. The second kappa shape index (κ2) is 4.22. The molecule has 0 rings (SSSR count). The molecule has 0 saturated heterocycles. The summed E-state index contributed by atoms with van der Waals surface area (Å²) in [6.07, 6.45) is 0. The van der Waals surface area contributed by atoms with E-state index in [1.807, 2.05) is 0 Å². The lowest BCUT2D eigenvalue weighted by molar-refractivity contribution is -0.127. The lowest BCUT2D eigenvalue weighted by atomic mass is 10.6. The van der Waals surface area contributed by atoms with E-state index in [4.69, 9.17) is 0 Å². The fraction of sp³-hybridized carbons (Fsp3) is 0.667. The normalized spacial score (nSPS) is 9.60. The molecule has 58 valence electrons. The topological polar surface area (TPSA) is 46.2 Å². The smallest absolute Gasteiger partial charge is 0.223 e. The van der Waals surface area contributed by atoms with Crippen molar-refractivity contribution in [1.82, 2.24) is 5.32 Å². The van der Waals surface area contributed by atoms with Crippen LogP contribution in [0.3, 0.4) is 0 Å². The van der Waals surface area contributed by atoms with E-state index in [0.717, 1.165) is 0 Å². The van der Waals surface area contributed by atoms with Gasteiger partial charge >= 0.3 is 0 Å². The van der Waals surface area contributed by atoms with Gasteiger partial charge in [0.05, 0.1) is 0 Å². The van der Waals surface area contributed by atoms with Gasteiger partial charge in [0.15, 0.2) is 0 Å². The minimum absolute atomic E-state index is 0.130. The van der Waals surface area contributed by atoms with Gasteiger partial charge in [-0.05, 0) is 0 Å². The summed E-state index contributed by atoms with van der Waals surface area (Å²) in [4.78, 5) is 21.1. The SMILES string of the molecule is CC(=O)NC(=O)C[SiH](C)C. The Labute approximate surface area is 62.4 Å². The van der Waals surface area contributed by atoms with Gasteiger partial charge in [-0.15, -0.1) is 0 Å². The molecule has 0 aromatic heterocycles. The molecule has 0 heterocycles. The van der Waals surface area contributed by atoms with Gasteiger partial charge in [0.25, 0.3) is 0 Å². The summed E-state index contributed by atoms with van der Waals surface area (Å²) in [6.45, 7) is 5.49. The first-order valence-corrected chi connectivity index (χ1v) is 6.45. The van der Waals surface area contributed by atoms with E-state index in [9.17, 15) is 9.59 Å². The summed E-state index contributed by atoms with van der Waals surface area (Å²) in [5, 5.41) is 2.23. The highest BCUT2D eigenvalue weighted by molar-refractivity contribution is 6.59. The van der Waals surface area contributed by atoms with Crippen molar-refractivity contribution in [2.24, 2.45) is 0 Å². The maximum atomic E-state index is 10.8. The van der Waals surface area contributed by atoms with E-state index in [0.29, 0.717) is 6.04 Å². The monoisotopic (exact) mass is 159 g/mol. The Balaban J connectivity index is 3.54. The van der Waals surface area contributed by atoms with Crippen LogP contribution in [0, 0.1) is 0 Å². The molecule has 0 atom stereocenters. The van der Waals surface area contributed by atoms with Crippen molar-refractivity contribution in [3.05, 3.63) is 0 Å². The Morgan fingerprint density at radius 3 is 2.20 bits per heavy atom. The van der Waals surface area contributed by atoms with Crippen LogP contribution in [-0.2, 0) is 9.59 Å². The van der Waals surface area contributed by atoms with Crippen LogP contribution in [0.5, 0.6) is 0 Å². The van der Waals surface area contributed by atoms with Gasteiger partial charge in [0.2, 0.25) is 11.8 Å². The summed E-state index contributed by atoms with van der Waals surface area (Å²) in [5.41, 5.74) is 0. The molecule has 0 unspecified atom stereocenters. The molecule has 0 aliphatic heterocycles. The number of hydrogen-bond acceptors (Lipinski definition) is 2. The largest absolute Gasteiger partial charge is 0.297 e.